The second-order valence-corrected chi connectivity index (χ2v) is 5.16. The summed E-state index contributed by atoms with van der Waals surface area (Å²) >= 11 is 0. The van der Waals surface area contributed by atoms with Gasteiger partial charge in [0.2, 0.25) is 0 Å². The predicted molar refractivity (Wildman–Crippen MR) is 89.7 cm³/mol. The van der Waals surface area contributed by atoms with Gasteiger partial charge in [-0.3, -0.25) is 0 Å². The lowest BCUT2D eigenvalue weighted by atomic mass is 10.2. The van der Waals surface area contributed by atoms with Gasteiger partial charge in [0, 0.05) is 17.8 Å². The highest BCUT2D eigenvalue weighted by atomic mass is 16.5. The zero-order chi connectivity index (χ0) is 15.8. The molecule has 0 saturated carbocycles. The lowest BCUT2D eigenvalue weighted by Gasteiger charge is -2.25. The van der Waals surface area contributed by atoms with Gasteiger partial charge in [0.1, 0.15) is 6.61 Å². The van der Waals surface area contributed by atoms with Crippen LogP contribution in [-0.2, 0) is 16.1 Å². The first-order valence-corrected chi connectivity index (χ1v) is 7.33. The maximum Gasteiger partial charge on any atom is 0.333 e. The van der Waals surface area contributed by atoms with Crippen LogP contribution in [0.25, 0.3) is 0 Å². The normalized spacial score (nSPS) is 10.0. The van der Waals surface area contributed by atoms with Crippen LogP contribution < -0.4 is 4.90 Å². The van der Waals surface area contributed by atoms with Gasteiger partial charge in [0.05, 0.1) is 6.54 Å². The average molecular weight is 295 g/mol. The van der Waals surface area contributed by atoms with Crippen LogP contribution >= 0.6 is 0 Å². The molecule has 0 aliphatic rings. The number of carbonyl (C=O) groups excluding carboxylic acids is 1. The molecule has 0 aliphatic carbocycles. The summed E-state index contributed by atoms with van der Waals surface area (Å²) in [4.78, 5) is 13.7. The molecule has 0 N–H and O–H groups in total. The predicted octanol–water partition coefficient (Wildman–Crippen LogP) is 3.81. The van der Waals surface area contributed by atoms with E-state index in [2.05, 4.69) is 35.7 Å². The third-order valence-electron chi connectivity index (χ3n) is 3.28. The molecule has 114 valence electrons. The Morgan fingerprint density at radius 1 is 1.05 bits per heavy atom. The highest BCUT2D eigenvalue weighted by molar-refractivity contribution is 5.86. The van der Waals surface area contributed by atoms with Gasteiger partial charge in [0.15, 0.2) is 0 Å². The number of esters is 1. The number of para-hydroxylation sites is 1. The molecule has 2 rings (SSSR count). The van der Waals surface area contributed by atoms with Crippen molar-refractivity contribution >= 4 is 11.7 Å². The third-order valence-corrected chi connectivity index (χ3v) is 3.28. The van der Waals surface area contributed by atoms with Crippen molar-refractivity contribution in [2.24, 2.45) is 0 Å². The Hall–Kier alpha value is -2.55. The Kier molecular flexibility index (Phi) is 5.78. The van der Waals surface area contributed by atoms with Crippen LogP contribution in [0, 0.1) is 0 Å². The van der Waals surface area contributed by atoms with Crippen molar-refractivity contribution in [2.45, 2.75) is 13.5 Å². The molecule has 0 saturated heterocycles. The van der Waals surface area contributed by atoms with E-state index in [1.165, 1.54) is 5.56 Å². The van der Waals surface area contributed by atoms with Crippen molar-refractivity contribution < 1.29 is 9.53 Å². The minimum atomic E-state index is -0.340. The minimum Gasteiger partial charge on any atom is -0.460 e. The smallest absolute Gasteiger partial charge is 0.333 e. The molecular formula is C19H21NO2. The van der Waals surface area contributed by atoms with Crippen LogP contribution in [0.15, 0.2) is 72.8 Å². The van der Waals surface area contributed by atoms with Crippen molar-refractivity contribution in [1.82, 2.24) is 0 Å². The first-order chi connectivity index (χ1) is 10.7. The van der Waals surface area contributed by atoms with E-state index in [0.717, 1.165) is 12.2 Å². The molecule has 22 heavy (non-hydrogen) atoms. The maximum absolute atomic E-state index is 11.5. The number of nitrogens with zero attached hydrogens (tertiary/aromatic N) is 1. The monoisotopic (exact) mass is 295 g/mol. The van der Waals surface area contributed by atoms with Crippen molar-refractivity contribution in [3.05, 3.63) is 78.4 Å². The van der Waals surface area contributed by atoms with E-state index >= 15 is 0 Å². The van der Waals surface area contributed by atoms with Gasteiger partial charge >= 0.3 is 5.97 Å². The summed E-state index contributed by atoms with van der Waals surface area (Å²) in [6.45, 7) is 7.00. The summed E-state index contributed by atoms with van der Waals surface area (Å²) in [7, 11) is 0. The van der Waals surface area contributed by atoms with Crippen molar-refractivity contribution in [1.29, 1.82) is 0 Å². The number of benzene rings is 2. The molecular weight excluding hydrogens is 274 g/mol. The maximum atomic E-state index is 11.5. The number of hydrogen-bond acceptors (Lipinski definition) is 3. The van der Waals surface area contributed by atoms with Crippen LogP contribution in [-0.4, -0.2) is 19.1 Å². The van der Waals surface area contributed by atoms with E-state index in [4.69, 9.17) is 4.74 Å². The largest absolute Gasteiger partial charge is 0.460 e. The van der Waals surface area contributed by atoms with Crippen LogP contribution in [0.3, 0.4) is 0 Å². The fraction of sp³-hybridized carbons (Fsp3) is 0.211. The molecule has 2 aromatic rings. The lowest BCUT2D eigenvalue weighted by Crippen LogP contribution is -2.27. The molecule has 3 nitrogen and oxygen atoms in total. The fourth-order valence-electron chi connectivity index (χ4n) is 2.11. The Morgan fingerprint density at radius 2 is 1.64 bits per heavy atom. The van der Waals surface area contributed by atoms with E-state index in [0.29, 0.717) is 18.7 Å². The quantitative estimate of drug-likeness (QED) is 0.574. The summed E-state index contributed by atoms with van der Waals surface area (Å²) in [6, 6.07) is 20.4. The summed E-state index contributed by atoms with van der Waals surface area (Å²) in [5, 5.41) is 0. The Morgan fingerprint density at radius 3 is 2.23 bits per heavy atom. The Balaban J connectivity index is 2.02. The average Bonchev–Trinajstić information content (AvgIpc) is 2.55. The molecule has 0 aliphatic heterocycles. The molecule has 0 fully saturated rings. The zero-order valence-corrected chi connectivity index (χ0v) is 12.9. The van der Waals surface area contributed by atoms with Crippen LogP contribution in [0.2, 0.25) is 0 Å². The molecule has 3 heteroatoms. The van der Waals surface area contributed by atoms with Gasteiger partial charge < -0.3 is 9.64 Å². The number of anilines is 1. The molecule has 0 bridgehead atoms. The first kappa shape index (κ1) is 15.8. The van der Waals surface area contributed by atoms with Crippen molar-refractivity contribution in [3.8, 4) is 0 Å². The van der Waals surface area contributed by atoms with Gasteiger partial charge in [0.25, 0.3) is 0 Å². The molecule has 0 aromatic heterocycles. The topological polar surface area (TPSA) is 29.5 Å². The molecule has 0 heterocycles. The zero-order valence-electron chi connectivity index (χ0n) is 12.9. The third kappa shape index (κ3) is 4.77. The molecule has 0 atom stereocenters. The number of rotatable bonds is 7. The second-order valence-electron chi connectivity index (χ2n) is 5.16. The van der Waals surface area contributed by atoms with E-state index in [1.54, 1.807) is 6.92 Å². The van der Waals surface area contributed by atoms with Crippen molar-refractivity contribution in [2.75, 3.05) is 18.1 Å². The van der Waals surface area contributed by atoms with Crippen LogP contribution in [0.4, 0.5) is 5.69 Å². The lowest BCUT2D eigenvalue weighted by molar-refractivity contribution is -0.138. The van der Waals surface area contributed by atoms with Gasteiger partial charge in [-0.2, -0.15) is 0 Å². The molecule has 0 radical (unpaired) electrons. The number of ether oxygens (including phenoxy) is 1. The SMILES string of the molecule is C=C(C)C(=O)OCCN(Cc1ccccc1)c1ccccc1. The van der Waals surface area contributed by atoms with Crippen LogP contribution in [0.1, 0.15) is 12.5 Å². The van der Waals surface area contributed by atoms with E-state index in [9.17, 15) is 4.79 Å². The van der Waals surface area contributed by atoms with E-state index < -0.39 is 0 Å². The standard InChI is InChI=1S/C19H21NO2/c1-16(2)19(21)22-14-13-20(18-11-7-4-8-12-18)15-17-9-5-3-6-10-17/h3-12H,1,13-15H2,2H3. The van der Waals surface area contributed by atoms with Crippen molar-refractivity contribution in [3.63, 3.8) is 0 Å². The Labute approximate surface area is 131 Å². The summed E-state index contributed by atoms with van der Waals surface area (Å²) in [6.07, 6.45) is 0. The molecule has 2 aromatic carbocycles. The highest BCUT2D eigenvalue weighted by Crippen LogP contribution is 2.16. The number of carbonyl (C=O) groups is 1. The first-order valence-electron chi connectivity index (χ1n) is 7.33. The van der Waals surface area contributed by atoms with Gasteiger partial charge in [-0.1, -0.05) is 55.1 Å². The Bertz CT molecular complexity index is 608. The van der Waals surface area contributed by atoms with Gasteiger partial charge in [-0.15, -0.1) is 0 Å². The van der Waals surface area contributed by atoms with Gasteiger partial charge in [-0.25, -0.2) is 4.79 Å². The summed E-state index contributed by atoms with van der Waals surface area (Å²) < 4.78 is 5.21. The summed E-state index contributed by atoms with van der Waals surface area (Å²) in [5.41, 5.74) is 2.75. The van der Waals surface area contributed by atoms with Crippen LogP contribution in [0.5, 0.6) is 0 Å². The molecule has 0 spiro atoms. The minimum absolute atomic E-state index is 0.340. The van der Waals surface area contributed by atoms with E-state index in [-0.39, 0.29) is 5.97 Å². The van der Waals surface area contributed by atoms with E-state index in [1.807, 2.05) is 36.4 Å². The highest BCUT2D eigenvalue weighted by Gasteiger charge is 2.09. The molecule has 0 amide bonds. The second kappa shape index (κ2) is 8.03. The fourth-order valence-corrected chi connectivity index (χ4v) is 2.11. The van der Waals surface area contributed by atoms with Gasteiger partial charge in [-0.05, 0) is 24.6 Å². The molecule has 0 unspecified atom stereocenters. The number of hydrogen-bond donors (Lipinski definition) is 0. The summed E-state index contributed by atoms with van der Waals surface area (Å²) in [5.74, 6) is -0.340.